The minimum Gasteiger partial charge on any atom is -0.357 e. The second-order valence-electron chi connectivity index (χ2n) is 7.43. The molecule has 2 N–H and O–H groups in total. The van der Waals surface area contributed by atoms with Gasteiger partial charge in [-0.3, -0.25) is 4.79 Å². The van der Waals surface area contributed by atoms with E-state index in [2.05, 4.69) is 22.5 Å². The molecule has 23 heavy (non-hydrogen) atoms. The number of guanidine groups is 1. The zero-order valence-electron chi connectivity index (χ0n) is 14.5. The summed E-state index contributed by atoms with van der Waals surface area (Å²) in [4.78, 5) is 18.5. The molecule has 0 aromatic rings. The van der Waals surface area contributed by atoms with Gasteiger partial charge in [0.2, 0.25) is 5.91 Å². The molecule has 3 atom stereocenters. The first-order chi connectivity index (χ1) is 11.3. The maximum absolute atomic E-state index is 12.1. The summed E-state index contributed by atoms with van der Waals surface area (Å²) in [6.45, 7) is 5.94. The summed E-state index contributed by atoms with van der Waals surface area (Å²) in [6, 6.07) is 0. The second-order valence-corrected chi connectivity index (χ2v) is 7.43. The van der Waals surface area contributed by atoms with Crippen molar-refractivity contribution in [3.05, 3.63) is 0 Å². The minimum atomic E-state index is 0.160. The Balaban J connectivity index is 1.40. The van der Waals surface area contributed by atoms with Gasteiger partial charge in [-0.15, -0.1) is 0 Å². The van der Waals surface area contributed by atoms with Crippen molar-refractivity contribution < 1.29 is 4.79 Å². The van der Waals surface area contributed by atoms with Crippen LogP contribution in [0, 0.1) is 17.8 Å². The van der Waals surface area contributed by atoms with Gasteiger partial charge in [0.05, 0.1) is 0 Å². The average Bonchev–Trinajstić information content (AvgIpc) is 3.29. The van der Waals surface area contributed by atoms with Crippen molar-refractivity contribution in [3.63, 3.8) is 0 Å². The van der Waals surface area contributed by atoms with Gasteiger partial charge in [-0.05, 0) is 63.2 Å². The molecule has 5 nitrogen and oxygen atoms in total. The Labute approximate surface area is 140 Å². The molecule has 2 saturated carbocycles. The number of nitrogens with zero attached hydrogens (tertiary/aromatic N) is 2. The molecule has 1 aliphatic heterocycles. The summed E-state index contributed by atoms with van der Waals surface area (Å²) in [5.74, 6) is 3.87. The van der Waals surface area contributed by atoms with Gasteiger partial charge >= 0.3 is 0 Å². The Hall–Kier alpha value is -1.26. The average molecular weight is 320 g/mol. The van der Waals surface area contributed by atoms with Crippen molar-refractivity contribution in [2.45, 2.75) is 51.9 Å². The molecule has 130 valence electrons. The molecule has 3 aliphatic rings. The molecule has 1 amide bonds. The van der Waals surface area contributed by atoms with Crippen LogP contribution in [0.1, 0.15) is 51.9 Å². The van der Waals surface area contributed by atoms with Crippen LogP contribution in [0.15, 0.2) is 4.99 Å². The van der Waals surface area contributed by atoms with E-state index in [1.54, 1.807) is 0 Å². The van der Waals surface area contributed by atoms with Crippen LogP contribution in [-0.4, -0.2) is 49.5 Å². The third-order valence-corrected chi connectivity index (χ3v) is 5.87. The van der Waals surface area contributed by atoms with Crippen LogP contribution in [0.3, 0.4) is 0 Å². The normalized spacial score (nSPS) is 30.0. The van der Waals surface area contributed by atoms with E-state index in [1.807, 2.05) is 4.90 Å². The van der Waals surface area contributed by atoms with Crippen molar-refractivity contribution in [1.29, 1.82) is 0 Å². The number of fused-ring (bicyclic) bond motifs is 2. The summed E-state index contributed by atoms with van der Waals surface area (Å²) in [5, 5.41) is 6.68. The molecule has 1 heterocycles. The van der Waals surface area contributed by atoms with E-state index in [9.17, 15) is 4.79 Å². The number of likely N-dealkylation sites (tertiary alicyclic amines) is 1. The van der Waals surface area contributed by atoms with Crippen LogP contribution in [-0.2, 0) is 4.79 Å². The van der Waals surface area contributed by atoms with E-state index in [0.717, 1.165) is 62.7 Å². The van der Waals surface area contributed by atoms with Gasteiger partial charge < -0.3 is 15.5 Å². The van der Waals surface area contributed by atoms with Crippen molar-refractivity contribution in [2.75, 3.05) is 32.7 Å². The van der Waals surface area contributed by atoms with Crippen LogP contribution in [0.4, 0.5) is 0 Å². The van der Waals surface area contributed by atoms with E-state index >= 15 is 0 Å². The molecule has 0 aromatic carbocycles. The largest absolute Gasteiger partial charge is 0.357 e. The number of carbonyl (C=O) groups is 1. The zero-order valence-corrected chi connectivity index (χ0v) is 14.5. The Morgan fingerprint density at radius 3 is 2.65 bits per heavy atom. The molecule has 0 spiro atoms. The molecule has 2 aliphatic carbocycles. The highest BCUT2D eigenvalue weighted by Gasteiger charge is 2.38. The number of aliphatic imine (C=N–C) groups is 1. The molecule has 3 fully saturated rings. The molecule has 0 radical (unpaired) electrons. The molecule has 3 rings (SSSR count). The number of nitrogens with one attached hydrogen (secondary N) is 2. The van der Waals surface area contributed by atoms with Crippen molar-refractivity contribution in [3.8, 4) is 0 Å². The van der Waals surface area contributed by atoms with Crippen LogP contribution in [0.25, 0.3) is 0 Å². The maximum atomic E-state index is 12.1. The van der Waals surface area contributed by atoms with E-state index in [0.29, 0.717) is 0 Å². The Morgan fingerprint density at radius 1 is 1.17 bits per heavy atom. The van der Waals surface area contributed by atoms with Gasteiger partial charge in [-0.1, -0.05) is 6.42 Å². The number of amides is 1. The highest BCUT2D eigenvalue weighted by molar-refractivity contribution is 5.85. The lowest BCUT2D eigenvalue weighted by Crippen LogP contribution is -2.39. The minimum absolute atomic E-state index is 0.160. The van der Waals surface area contributed by atoms with Crippen molar-refractivity contribution in [2.24, 2.45) is 22.7 Å². The maximum Gasteiger partial charge on any atom is 0.244 e. The van der Waals surface area contributed by atoms with Gasteiger partial charge in [-0.2, -0.15) is 0 Å². The van der Waals surface area contributed by atoms with E-state index in [-0.39, 0.29) is 12.5 Å². The number of rotatable bonds is 6. The van der Waals surface area contributed by atoms with Gasteiger partial charge in [0.1, 0.15) is 6.54 Å². The van der Waals surface area contributed by atoms with Crippen LogP contribution < -0.4 is 10.6 Å². The highest BCUT2D eigenvalue weighted by Crippen LogP contribution is 2.49. The summed E-state index contributed by atoms with van der Waals surface area (Å²) < 4.78 is 0. The highest BCUT2D eigenvalue weighted by atomic mass is 16.2. The Kier molecular flexibility index (Phi) is 5.79. The van der Waals surface area contributed by atoms with Gasteiger partial charge in [0.15, 0.2) is 5.96 Å². The fourth-order valence-corrected chi connectivity index (χ4v) is 4.66. The fourth-order valence-electron chi connectivity index (χ4n) is 4.66. The molecular weight excluding hydrogens is 288 g/mol. The standard InChI is InChI=1S/C18H32N4O/c1-2-19-18(21-13-17(23)22-9-3-4-10-22)20-8-7-16-12-14-5-6-15(16)11-14/h14-16H,2-13H2,1H3,(H2,19,20,21). The van der Waals surface area contributed by atoms with Crippen LogP contribution >= 0.6 is 0 Å². The molecule has 3 unspecified atom stereocenters. The predicted octanol–water partition coefficient (Wildman–Crippen LogP) is 1.99. The first-order valence-corrected chi connectivity index (χ1v) is 9.56. The first-order valence-electron chi connectivity index (χ1n) is 9.56. The second kappa shape index (κ2) is 8.02. The third-order valence-electron chi connectivity index (χ3n) is 5.87. The monoisotopic (exact) mass is 320 g/mol. The summed E-state index contributed by atoms with van der Waals surface area (Å²) in [5.41, 5.74) is 0. The Bertz CT molecular complexity index is 431. The molecule has 1 saturated heterocycles. The Morgan fingerprint density at radius 2 is 2.00 bits per heavy atom. The topological polar surface area (TPSA) is 56.7 Å². The number of hydrogen-bond acceptors (Lipinski definition) is 2. The van der Waals surface area contributed by atoms with Gasteiger partial charge in [-0.25, -0.2) is 4.99 Å². The zero-order chi connectivity index (χ0) is 16.1. The number of hydrogen-bond donors (Lipinski definition) is 2. The lowest BCUT2D eigenvalue weighted by molar-refractivity contribution is -0.128. The summed E-state index contributed by atoms with van der Waals surface area (Å²) in [7, 11) is 0. The van der Waals surface area contributed by atoms with E-state index in [4.69, 9.17) is 0 Å². The lowest BCUT2D eigenvalue weighted by Gasteiger charge is -2.22. The fraction of sp³-hybridized carbons (Fsp3) is 0.889. The van der Waals surface area contributed by atoms with E-state index < -0.39 is 0 Å². The van der Waals surface area contributed by atoms with Crippen molar-refractivity contribution >= 4 is 11.9 Å². The van der Waals surface area contributed by atoms with Gasteiger partial charge in [0, 0.05) is 26.2 Å². The van der Waals surface area contributed by atoms with Crippen molar-refractivity contribution in [1.82, 2.24) is 15.5 Å². The molecule has 0 aromatic heterocycles. The predicted molar refractivity (Wildman–Crippen MR) is 93.4 cm³/mol. The number of carbonyl (C=O) groups excluding carboxylic acids is 1. The van der Waals surface area contributed by atoms with Gasteiger partial charge in [0.25, 0.3) is 0 Å². The molecule has 2 bridgehead atoms. The first kappa shape index (κ1) is 16.6. The summed E-state index contributed by atoms with van der Waals surface area (Å²) >= 11 is 0. The molecule has 5 heteroatoms. The smallest absolute Gasteiger partial charge is 0.244 e. The third kappa shape index (κ3) is 4.39. The quantitative estimate of drug-likeness (QED) is 0.581. The SMILES string of the molecule is CCNC(=NCC(=O)N1CCCC1)NCCC1CC2CCC1C2. The lowest BCUT2D eigenvalue weighted by atomic mass is 9.86. The molecular formula is C18H32N4O. The van der Waals surface area contributed by atoms with E-state index in [1.165, 1.54) is 32.1 Å². The van der Waals surface area contributed by atoms with Crippen LogP contribution in [0.2, 0.25) is 0 Å². The van der Waals surface area contributed by atoms with Crippen LogP contribution in [0.5, 0.6) is 0 Å². The summed E-state index contributed by atoms with van der Waals surface area (Å²) in [6.07, 6.45) is 9.35.